The van der Waals surface area contributed by atoms with Crippen LogP contribution < -0.4 is 0 Å². The third-order valence-electron chi connectivity index (χ3n) is 4.60. The van der Waals surface area contributed by atoms with Crippen molar-refractivity contribution in [1.82, 2.24) is 24.6 Å². The van der Waals surface area contributed by atoms with Gasteiger partial charge in [0, 0.05) is 25.3 Å². The predicted molar refractivity (Wildman–Crippen MR) is 90.2 cm³/mol. The van der Waals surface area contributed by atoms with Gasteiger partial charge in [-0.15, -0.1) is 0 Å². The van der Waals surface area contributed by atoms with Gasteiger partial charge in [0.25, 0.3) is 0 Å². The largest absolute Gasteiger partial charge is 0.382 e. The Kier molecular flexibility index (Phi) is 3.92. The second-order valence-electron chi connectivity index (χ2n) is 6.28. The highest BCUT2D eigenvalue weighted by molar-refractivity contribution is 5.27. The summed E-state index contributed by atoms with van der Waals surface area (Å²) in [6.07, 6.45) is 1.07. The molecule has 0 saturated carbocycles. The lowest BCUT2D eigenvalue weighted by Crippen LogP contribution is -2.33. The molecule has 1 aliphatic heterocycles. The molecular weight excluding hydrogens is 302 g/mol. The lowest BCUT2D eigenvalue weighted by molar-refractivity contribution is 0.198. The lowest BCUT2D eigenvalue weighted by Gasteiger charge is -2.26. The molecule has 3 aromatic rings. The van der Waals surface area contributed by atoms with E-state index >= 15 is 0 Å². The number of fused-ring (bicyclic) bond motifs is 1. The van der Waals surface area contributed by atoms with E-state index in [1.807, 2.05) is 48.0 Å². The molecule has 1 atom stereocenters. The molecule has 0 amide bonds. The van der Waals surface area contributed by atoms with Crippen LogP contribution in [-0.2, 0) is 19.6 Å². The molecule has 0 spiro atoms. The topological polar surface area (TPSA) is 70.0 Å². The van der Waals surface area contributed by atoms with E-state index in [0.29, 0.717) is 5.69 Å². The van der Waals surface area contributed by atoms with Crippen molar-refractivity contribution in [3.63, 3.8) is 0 Å². The summed E-state index contributed by atoms with van der Waals surface area (Å²) >= 11 is 0. The number of aryl methyl sites for hydroxylation is 1. The number of H-pyrrole nitrogens is 1. The second kappa shape index (κ2) is 6.22. The van der Waals surface area contributed by atoms with Crippen molar-refractivity contribution in [2.45, 2.75) is 32.7 Å². The Morgan fingerprint density at radius 1 is 1.25 bits per heavy atom. The Hall–Kier alpha value is -2.44. The lowest BCUT2D eigenvalue weighted by atomic mass is 10.1. The van der Waals surface area contributed by atoms with Gasteiger partial charge in [-0.25, -0.2) is 4.98 Å². The first kappa shape index (κ1) is 15.1. The third-order valence-corrected chi connectivity index (χ3v) is 4.60. The molecule has 0 saturated heterocycles. The summed E-state index contributed by atoms with van der Waals surface area (Å²) in [5.41, 5.74) is 4.94. The molecule has 6 heteroatoms. The minimum Gasteiger partial charge on any atom is -0.382 e. The normalized spacial score (nSPS) is 16.1. The van der Waals surface area contributed by atoms with Crippen molar-refractivity contribution >= 4 is 0 Å². The number of hydrogen-bond donors (Lipinski definition) is 2. The highest BCUT2D eigenvalue weighted by Gasteiger charge is 2.22. The number of aliphatic hydroxyl groups is 1. The number of aliphatic hydroxyl groups excluding tert-OH is 1. The Bertz CT molecular complexity index is 823. The van der Waals surface area contributed by atoms with Crippen LogP contribution in [0.1, 0.15) is 34.4 Å². The van der Waals surface area contributed by atoms with Crippen LogP contribution in [0.5, 0.6) is 0 Å². The van der Waals surface area contributed by atoms with Crippen LogP contribution >= 0.6 is 0 Å². The molecule has 24 heavy (non-hydrogen) atoms. The maximum Gasteiger partial charge on any atom is 0.123 e. The van der Waals surface area contributed by atoms with Crippen LogP contribution in [0.3, 0.4) is 0 Å². The summed E-state index contributed by atoms with van der Waals surface area (Å²) in [7, 11) is 0. The number of aromatic nitrogens is 4. The van der Waals surface area contributed by atoms with Crippen molar-refractivity contribution in [3.05, 3.63) is 71.1 Å². The fourth-order valence-corrected chi connectivity index (χ4v) is 3.18. The minimum absolute atomic E-state index is 0.675. The van der Waals surface area contributed by atoms with Gasteiger partial charge >= 0.3 is 0 Å². The number of nitrogens with zero attached hydrogens (tertiary/aromatic N) is 4. The monoisotopic (exact) mass is 323 g/mol. The smallest absolute Gasteiger partial charge is 0.123 e. The van der Waals surface area contributed by atoms with Crippen LogP contribution in [0.15, 0.2) is 42.7 Å². The Balaban J connectivity index is 1.51. The minimum atomic E-state index is -0.675. The molecular formula is C18H21N5O. The quantitative estimate of drug-likeness (QED) is 0.770. The molecule has 6 nitrogen and oxygen atoms in total. The Morgan fingerprint density at radius 3 is 2.83 bits per heavy atom. The van der Waals surface area contributed by atoms with Gasteiger partial charge in [-0.3, -0.25) is 9.58 Å². The van der Waals surface area contributed by atoms with Gasteiger partial charge < -0.3 is 10.1 Å². The van der Waals surface area contributed by atoms with Crippen molar-refractivity contribution in [2.75, 3.05) is 6.54 Å². The maximum atomic E-state index is 10.5. The molecule has 124 valence electrons. The molecule has 0 fully saturated rings. The number of aromatic amines is 1. The molecule has 0 radical (unpaired) electrons. The van der Waals surface area contributed by atoms with E-state index in [0.717, 1.165) is 48.8 Å². The summed E-state index contributed by atoms with van der Waals surface area (Å²) in [6, 6.07) is 11.7. The fourth-order valence-electron chi connectivity index (χ4n) is 3.18. The number of imidazole rings is 1. The average Bonchev–Trinajstić information content (AvgIpc) is 3.21. The molecule has 1 unspecified atom stereocenters. The first-order valence-electron chi connectivity index (χ1n) is 8.21. The molecule has 1 aliphatic rings. The van der Waals surface area contributed by atoms with Crippen molar-refractivity contribution in [2.24, 2.45) is 0 Å². The molecule has 3 heterocycles. The zero-order valence-corrected chi connectivity index (χ0v) is 13.7. The van der Waals surface area contributed by atoms with Gasteiger partial charge in [0.15, 0.2) is 0 Å². The van der Waals surface area contributed by atoms with E-state index in [4.69, 9.17) is 0 Å². The van der Waals surface area contributed by atoms with Gasteiger partial charge in [0.05, 0.1) is 30.0 Å². The van der Waals surface area contributed by atoms with Crippen molar-refractivity contribution in [3.8, 4) is 0 Å². The zero-order chi connectivity index (χ0) is 16.5. The van der Waals surface area contributed by atoms with E-state index in [1.165, 1.54) is 0 Å². The van der Waals surface area contributed by atoms with Crippen LogP contribution in [0.4, 0.5) is 0 Å². The number of hydrogen-bond acceptors (Lipinski definition) is 4. The van der Waals surface area contributed by atoms with Gasteiger partial charge in [0.1, 0.15) is 6.10 Å². The summed E-state index contributed by atoms with van der Waals surface area (Å²) in [5.74, 6) is 0. The fraction of sp³-hybridized carbons (Fsp3) is 0.333. The van der Waals surface area contributed by atoms with Crippen LogP contribution in [0.25, 0.3) is 0 Å². The van der Waals surface area contributed by atoms with E-state index in [2.05, 4.69) is 20.0 Å². The van der Waals surface area contributed by atoms with Crippen LogP contribution in [-0.4, -0.2) is 36.3 Å². The maximum absolute atomic E-state index is 10.5. The summed E-state index contributed by atoms with van der Waals surface area (Å²) in [5, 5.41) is 15.1. The number of benzene rings is 1. The summed E-state index contributed by atoms with van der Waals surface area (Å²) in [6.45, 7) is 5.46. The standard InChI is InChI=1S/C18H21N5O/c1-13-17(20-12-19-13)11-22-7-8-23-15(10-22)9-16(21-23)18(24)14-5-3-2-4-6-14/h2-6,9,12,18,24H,7-8,10-11H2,1H3,(H,19,20). The van der Waals surface area contributed by atoms with Gasteiger partial charge in [-0.05, 0) is 18.6 Å². The molecule has 1 aromatic carbocycles. The SMILES string of the molecule is Cc1[nH]cnc1CN1CCn2nc(C(O)c3ccccc3)cc2C1. The molecule has 4 rings (SSSR count). The first-order chi connectivity index (χ1) is 11.7. The van der Waals surface area contributed by atoms with Crippen LogP contribution in [0.2, 0.25) is 0 Å². The molecule has 0 aliphatic carbocycles. The van der Waals surface area contributed by atoms with Gasteiger partial charge in [-0.2, -0.15) is 5.10 Å². The van der Waals surface area contributed by atoms with E-state index < -0.39 is 6.10 Å². The highest BCUT2D eigenvalue weighted by atomic mass is 16.3. The highest BCUT2D eigenvalue weighted by Crippen LogP contribution is 2.24. The van der Waals surface area contributed by atoms with E-state index in [9.17, 15) is 5.11 Å². The van der Waals surface area contributed by atoms with Crippen molar-refractivity contribution in [1.29, 1.82) is 0 Å². The molecule has 0 bridgehead atoms. The number of nitrogens with one attached hydrogen (secondary N) is 1. The third kappa shape index (κ3) is 2.86. The van der Waals surface area contributed by atoms with Gasteiger partial charge in [0.2, 0.25) is 0 Å². The van der Waals surface area contributed by atoms with E-state index in [-0.39, 0.29) is 0 Å². The van der Waals surface area contributed by atoms with Crippen molar-refractivity contribution < 1.29 is 5.11 Å². The zero-order valence-electron chi connectivity index (χ0n) is 13.7. The summed E-state index contributed by atoms with van der Waals surface area (Å²) in [4.78, 5) is 9.87. The molecule has 2 aromatic heterocycles. The number of rotatable bonds is 4. The van der Waals surface area contributed by atoms with E-state index in [1.54, 1.807) is 6.33 Å². The Labute approximate surface area is 140 Å². The van der Waals surface area contributed by atoms with Gasteiger partial charge in [-0.1, -0.05) is 30.3 Å². The predicted octanol–water partition coefficient (Wildman–Crippen LogP) is 2.01. The first-order valence-corrected chi connectivity index (χ1v) is 8.21. The van der Waals surface area contributed by atoms with Crippen LogP contribution in [0, 0.1) is 6.92 Å². The average molecular weight is 323 g/mol. The molecule has 2 N–H and O–H groups in total. The second-order valence-corrected chi connectivity index (χ2v) is 6.28. The summed E-state index contributed by atoms with van der Waals surface area (Å²) < 4.78 is 2.01. The Morgan fingerprint density at radius 2 is 2.08 bits per heavy atom.